The van der Waals surface area contributed by atoms with E-state index in [4.69, 9.17) is 18.0 Å². The van der Waals surface area contributed by atoms with E-state index in [2.05, 4.69) is 11.9 Å². The predicted molar refractivity (Wildman–Crippen MR) is 62.4 cm³/mol. The summed E-state index contributed by atoms with van der Waals surface area (Å²) in [5, 5.41) is 2.19. The minimum atomic E-state index is 0.419. The lowest BCUT2D eigenvalue weighted by atomic mass is 10.0. The molecule has 0 fully saturated rings. The Labute approximate surface area is 87.8 Å². The van der Waals surface area contributed by atoms with E-state index in [1.807, 2.05) is 18.2 Å². The number of rotatable bonds is 1. The van der Waals surface area contributed by atoms with Crippen molar-refractivity contribution in [3.63, 3.8) is 0 Å². The third-order valence-corrected chi connectivity index (χ3v) is 2.52. The minimum absolute atomic E-state index is 0.419. The average Bonchev–Trinajstić information content (AvgIpc) is 2.18. The van der Waals surface area contributed by atoms with Crippen LogP contribution in [0, 0.1) is 6.92 Å². The third kappa shape index (κ3) is 1.36. The average molecular weight is 202 g/mol. The Hall–Kier alpha value is -1.48. The fraction of sp³-hybridized carbons (Fsp3) is 0.0909. The molecule has 0 aliphatic carbocycles. The molecule has 0 unspecified atom stereocenters. The minimum Gasteiger partial charge on any atom is -0.389 e. The zero-order valence-electron chi connectivity index (χ0n) is 7.82. The number of benzene rings is 1. The molecule has 2 rings (SSSR count). The van der Waals surface area contributed by atoms with Gasteiger partial charge in [0.2, 0.25) is 0 Å². The van der Waals surface area contributed by atoms with Crippen molar-refractivity contribution >= 4 is 28.0 Å². The van der Waals surface area contributed by atoms with Crippen LogP contribution >= 0.6 is 12.2 Å². The van der Waals surface area contributed by atoms with Gasteiger partial charge in [0.25, 0.3) is 0 Å². The van der Waals surface area contributed by atoms with Crippen LogP contribution in [0.3, 0.4) is 0 Å². The smallest absolute Gasteiger partial charge is 0.104 e. The van der Waals surface area contributed by atoms with E-state index in [0.29, 0.717) is 4.99 Å². The van der Waals surface area contributed by atoms with Gasteiger partial charge in [-0.3, -0.25) is 4.98 Å². The molecule has 14 heavy (non-hydrogen) atoms. The molecule has 0 saturated carbocycles. The molecule has 2 nitrogen and oxygen atoms in total. The van der Waals surface area contributed by atoms with Gasteiger partial charge in [-0.2, -0.15) is 0 Å². The third-order valence-electron chi connectivity index (χ3n) is 2.30. The highest BCUT2D eigenvalue weighted by Crippen LogP contribution is 2.20. The molecule has 3 heteroatoms. The maximum atomic E-state index is 5.63. The highest BCUT2D eigenvalue weighted by atomic mass is 32.1. The van der Waals surface area contributed by atoms with E-state index in [-0.39, 0.29) is 0 Å². The van der Waals surface area contributed by atoms with Crippen molar-refractivity contribution in [2.24, 2.45) is 5.73 Å². The van der Waals surface area contributed by atoms with Crippen LogP contribution in [0.2, 0.25) is 0 Å². The van der Waals surface area contributed by atoms with Gasteiger partial charge in [-0.15, -0.1) is 0 Å². The normalized spacial score (nSPS) is 10.4. The molecule has 0 amide bonds. The quantitative estimate of drug-likeness (QED) is 0.720. The molecule has 0 radical (unpaired) electrons. The van der Waals surface area contributed by atoms with Crippen LogP contribution in [0.4, 0.5) is 0 Å². The molecule has 0 bridgehead atoms. The first-order valence-corrected chi connectivity index (χ1v) is 4.74. The van der Waals surface area contributed by atoms with Crippen molar-refractivity contribution in [2.45, 2.75) is 6.92 Å². The maximum Gasteiger partial charge on any atom is 0.104 e. The van der Waals surface area contributed by atoms with Crippen LogP contribution < -0.4 is 5.73 Å². The van der Waals surface area contributed by atoms with E-state index in [1.54, 1.807) is 12.4 Å². The topological polar surface area (TPSA) is 38.9 Å². The van der Waals surface area contributed by atoms with E-state index in [9.17, 15) is 0 Å². The van der Waals surface area contributed by atoms with Gasteiger partial charge in [0.1, 0.15) is 4.99 Å². The summed E-state index contributed by atoms with van der Waals surface area (Å²) in [6, 6.07) is 5.95. The molecule has 2 aromatic rings. The van der Waals surface area contributed by atoms with Crippen LogP contribution in [0.1, 0.15) is 11.1 Å². The molecule has 0 atom stereocenters. The summed E-state index contributed by atoms with van der Waals surface area (Å²) in [5.74, 6) is 0. The first-order chi connectivity index (χ1) is 6.70. The van der Waals surface area contributed by atoms with Gasteiger partial charge >= 0.3 is 0 Å². The van der Waals surface area contributed by atoms with Crippen molar-refractivity contribution in [1.29, 1.82) is 0 Å². The number of hydrogen-bond acceptors (Lipinski definition) is 2. The van der Waals surface area contributed by atoms with Gasteiger partial charge in [0.15, 0.2) is 0 Å². The number of thiocarbonyl (C=S) groups is 1. The van der Waals surface area contributed by atoms with Gasteiger partial charge in [-0.05, 0) is 23.9 Å². The Bertz CT molecular complexity index is 506. The summed E-state index contributed by atoms with van der Waals surface area (Å²) >= 11 is 4.98. The summed E-state index contributed by atoms with van der Waals surface area (Å²) in [6.07, 6.45) is 3.58. The second kappa shape index (κ2) is 3.35. The first-order valence-electron chi connectivity index (χ1n) is 4.33. The highest BCUT2D eigenvalue weighted by molar-refractivity contribution is 7.80. The number of fused-ring (bicyclic) bond motifs is 1. The van der Waals surface area contributed by atoms with E-state index in [0.717, 1.165) is 16.3 Å². The standard InChI is InChI=1S/C11H10N2S/c1-7-2-3-9(11(12)14)10-6-13-5-4-8(7)10/h2-6H,1H3,(H2,12,14). The lowest BCUT2D eigenvalue weighted by Crippen LogP contribution is -2.10. The van der Waals surface area contributed by atoms with Crippen molar-refractivity contribution < 1.29 is 0 Å². The summed E-state index contributed by atoms with van der Waals surface area (Å²) in [4.78, 5) is 4.50. The Morgan fingerprint density at radius 2 is 2.07 bits per heavy atom. The van der Waals surface area contributed by atoms with Crippen LogP contribution in [-0.2, 0) is 0 Å². The van der Waals surface area contributed by atoms with Gasteiger partial charge in [0.05, 0.1) is 0 Å². The van der Waals surface area contributed by atoms with Crippen LogP contribution in [0.15, 0.2) is 30.6 Å². The van der Waals surface area contributed by atoms with Crippen LogP contribution in [0.25, 0.3) is 10.8 Å². The number of nitrogens with zero attached hydrogens (tertiary/aromatic N) is 1. The first kappa shape index (κ1) is 9.09. The molecule has 0 spiro atoms. The summed E-state index contributed by atoms with van der Waals surface area (Å²) < 4.78 is 0. The number of hydrogen-bond donors (Lipinski definition) is 1. The number of aryl methyl sites for hydroxylation is 1. The lowest BCUT2D eigenvalue weighted by Gasteiger charge is -2.06. The number of aromatic nitrogens is 1. The van der Waals surface area contributed by atoms with Crippen LogP contribution in [0.5, 0.6) is 0 Å². The van der Waals surface area contributed by atoms with Gasteiger partial charge < -0.3 is 5.73 Å². The Morgan fingerprint density at radius 1 is 1.29 bits per heavy atom. The van der Waals surface area contributed by atoms with Crippen molar-refractivity contribution in [1.82, 2.24) is 4.98 Å². The van der Waals surface area contributed by atoms with Gasteiger partial charge in [-0.1, -0.05) is 24.4 Å². The fourth-order valence-electron chi connectivity index (χ4n) is 1.56. The molecule has 1 aromatic heterocycles. The summed E-state index contributed by atoms with van der Waals surface area (Å²) in [7, 11) is 0. The number of pyridine rings is 1. The molecule has 0 aliphatic rings. The molecule has 1 aromatic carbocycles. The molecule has 2 N–H and O–H groups in total. The second-order valence-corrected chi connectivity index (χ2v) is 3.66. The van der Waals surface area contributed by atoms with Crippen molar-refractivity contribution in [3.05, 3.63) is 41.7 Å². The van der Waals surface area contributed by atoms with Crippen LogP contribution in [-0.4, -0.2) is 9.97 Å². The van der Waals surface area contributed by atoms with Crippen molar-refractivity contribution in [3.8, 4) is 0 Å². The van der Waals surface area contributed by atoms with Gasteiger partial charge in [0, 0.05) is 23.3 Å². The largest absolute Gasteiger partial charge is 0.389 e. The summed E-state index contributed by atoms with van der Waals surface area (Å²) in [5.41, 5.74) is 7.74. The van der Waals surface area contributed by atoms with Gasteiger partial charge in [-0.25, -0.2) is 0 Å². The van der Waals surface area contributed by atoms with E-state index in [1.165, 1.54) is 5.56 Å². The maximum absolute atomic E-state index is 5.63. The molecule has 1 heterocycles. The molecule has 70 valence electrons. The molecular weight excluding hydrogens is 192 g/mol. The molecule has 0 aliphatic heterocycles. The summed E-state index contributed by atoms with van der Waals surface area (Å²) in [6.45, 7) is 2.06. The SMILES string of the molecule is Cc1ccc(C(N)=S)c2cnccc12. The zero-order chi connectivity index (χ0) is 10.1. The Morgan fingerprint density at radius 3 is 2.79 bits per heavy atom. The van der Waals surface area contributed by atoms with E-state index >= 15 is 0 Å². The predicted octanol–water partition coefficient (Wildman–Crippen LogP) is 2.18. The Balaban J connectivity index is 2.88. The fourth-order valence-corrected chi connectivity index (χ4v) is 1.73. The lowest BCUT2D eigenvalue weighted by molar-refractivity contribution is 1.35. The molecule has 0 saturated heterocycles. The zero-order valence-corrected chi connectivity index (χ0v) is 8.64. The highest BCUT2D eigenvalue weighted by Gasteiger charge is 2.04. The van der Waals surface area contributed by atoms with E-state index < -0.39 is 0 Å². The monoisotopic (exact) mass is 202 g/mol. The molecular formula is C11H10N2S. The van der Waals surface area contributed by atoms with Crippen molar-refractivity contribution in [2.75, 3.05) is 0 Å². The number of nitrogens with two attached hydrogens (primary N) is 1. The Kier molecular flexibility index (Phi) is 2.17. The second-order valence-electron chi connectivity index (χ2n) is 3.22.